The number of hydrogen-bond acceptors (Lipinski definition) is 7. The lowest BCUT2D eigenvalue weighted by Crippen LogP contribution is -2.47. The lowest BCUT2D eigenvalue weighted by Gasteiger charge is -2.37. The average Bonchev–Trinajstić information content (AvgIpc) is 3.26. The number of pyridine rings is 2. The number of carbonyl (C=O) groups excluding carboxylic acids is 2. The Labute approximate surface area is 202 Å². The molecule has 1 fully saturated rings. The largest absolute Gasteiger partial charge is 0.487 e. The second kappa shape index (κ2) is 10.2. The normalized spacial score (nSPS) is 22.4. The van der Waals surface area contributed by atoms with E-state index in [2.05, 4.69) is 20.6 Å². The van der Waals surface area contributed by atoms with E-state index >= 15 is 0 Å². The van der Waals surface area contributed by atoms with Gasteiger partial charge in [-0.3, -0.25) is 19.6 Å². The zero-order valence-corrected chi connectivity index (χ0v) is 19.0. The summed E-state index contributed by atoms with van der Waals surface area (Å²) in [5.74, 6) is 0.254. The van der Waals surface area contributed by atoms with Crippen LogP contribution in [0, 0.1) is 0 Å². The molecule has 2 aromatic heterocycles. The van der Waals surface area contributed by atoms with Gasteiger partial charge in [0.15, 0.2) is 0 Å². The number of aliphatic hydroxyl groups is 1. The summed E-state index contributed by atoms with van der Waals surface area (Å²) in [7, 11) is 0. The maximum atomic E-state index is 12.6. The van der Waals surface area contributed by atoms with Gasteiger partial charge in [0.2, 0.25) is 5.91 Å². The number of rotatable bonds is 7. The molecule has 2 amide bonds. The number of anilines is 1. The minimum absolute atomic E-state index is 0.0656. The molecule has 2 aliphatic rings. The Bertz CT molecular complexity index is 1190. The summed E-state index contributed by atoms with van der Waals surface area (Å²) in [4.78, 5) is 33.1. The number of nitrogens with zero attached hydrogens (tertiary/aromatic N) is 2. The smallest absolute Gasteiger partial charge is 0.257 e. The van der Waals surface area contributed by atoms with E-state index in [0.717, 1.165) is 11.1 Å². The molecule has 2 aliphatic heterocycles. The van der Waals surface area contributed by atoms with E-state index in [-0.39, 0.29) is 43.0 Å². The van der Waals surface area contributed by atoms with Gasteiger partial charge in [-0.2, -0.15) is 0 Å². The maximum Gasteiger partial charge on any atom is 0.257 e. The second-order valence-electron chi connectivity index (χ2n) is 8.69. The van der Waals surface area contributed by atoms with Crippen LogP contribution in [0.15, 0.2) is 67.3 Å². The number of nitrogens with one attached hydrogen (secondary N) is 2. The van der Waals surface area contributed by atoms with Gasteiger partial charge < -0.3 is 25.2 Å². The summed E-state index contributed by atoms with van der Waals surface area (Å²) >= 11 is 0. The average molecular weight is 475 g/mol. The molecule has 3 N–H and O–H groups in total. The standard InChI is InChI=1S/C26H26N4O5/c31-15-23-25-21(11-19(34-23)12-24(32)29-13-16-5-8-27-9-6-16)20-10-18(3-4-22(20)35-25)30-26(33)17-2-1-7-28-14-17/h1-10,14,19,21,23,25,31H,11-13,15H2,(H,29,32)(H,30,33)/t19-,21-,23+,25+/m1/s1. The van der Waals surface area contributed by atoms with Crippen molar-refractivity contribution in [1.82, 2.24) is 15.3 Å². The van der Waals surface area contributed by atoms with E-state index < -0.39 is 6.10 Å². The van der Waals surface area contributed by atoms with Crippen LogP contribution in [0.2, 0.25) is 0 Å². The molecule has 3 aromatic rings. The first kappa shape index (κ1) is 22.9. The highest BCUT2D eigenvalue weighted by Gasteiger charge is 2.46. The monoisotopic (exact) mass is 474 g/mol. The zero-order valence-electron chi connectivity index (χ0n) is 19.0. The minimum Gasteiger partial charge on any atom is -0.487 e. The molecule has 35 heavy (non-hydrogen) atoms. The van der Waals surface area contributed by atoms with Crippen molar-refractivity contribution in [3.05, 3.63) is 83.9 Å². The van der Waals surface area contributed by atoms with Gasteiger partial charge in [-0.25, -0.2) is 0 Å². The van der Waals surface area contributed by atoms with Crippen molar-refractivity contribution in [2.75, 3.05) is 11.9 Å². The summed E-state index contributed by atoms with van der Waals surface area (Å²) in [5, 5.41) is 15.8. The van der Waals surface area contributed by atoms with Gasteiger partial charge in [0, 0.05) is 48.5 Å². The third kappa shape index (κ3) is 5.16. The molecule has 4 atom stereocenters. The number of aromatic nitrogens is 2. The van der Waals surface area contributed by atoms with Gasteiger partial charge in [-0.05, 0) is 54.4 Å². The van der Waals surface area contributed by atoms with Gasteiger partial charge in [0.1, 0.15) is 18.0 Å². The summed E-state index contributed by atoms with van der Waals surface area (Å²) in [5.41, 5.74) is 3.00. The van der Waals surface area contributed by atoms with Crippen LogP contribution in [0.1, 0.15) is 40.2 Å². The van der Waals surface area contributed by atoms with Crippen LogP contribution in [0.3, 0.4) is 0 Å². The van der Waals surface area contributed by atoms with Crippen LogP contribution in [-0.4, -0.2) is 51.8 Å². The Morgan fingerprint density at radius 3 is 2.71 bits per heavy atom. The zero-order chi connectivity index (χ0) is 24.2. The maximum absolute atomic E-state index is 12.6. The first-order valence-electron chi connectivity index (χ1n) is 11.5. The molecule has 1 saturated heterocycles. The van der Waals surface area contributed by atoms with E-state index in [1.54, 1.807) is 36.8 Å². The third-order valence-electron chi connectivity index (χ3n) is 6.33. The second-order valence-corrected chi connectivity index (χ2v) is 8.69. The van der Waals surface area contributed by atoms with Gasteiger partial charge in [0.25, 0.3) is 5.91 Å². The van der Waals surface area contributed by atoms with E-state index in [4.69, 9.17) is 9.47 Å². The van der Waals surface area contributed by atoms with Crippen molar-refractivity contribution < 1.29 is 24.2 Å². The lowest BCUT2D eigenvalue weighted by atomic mass is 9.84. The van der Waals surface area contributed by atoms with Crippen molar-refractivity contribution in [3.63, 3.8) is 0 Å². The number of benzene rings is 1. The minimum atomic E-state index is -0.549. The first-order valence-corrected chi connectivity index (χ1v) is 11.5. The van der Waals surface area contributed by atoms with Crippen LogP contribution in [0.5, 0.6) is 5.75 Å². The van der Waals surface area contributed by atoms with Crippen LogP contribution in [-0.2, 0) is 16.1 Å². The highest BCUT2D eigenvalue weighted by atomic mass is 16.6. The van der Waals surface area contributed by atoms with Crippen molar-refractivity contribution in [2.24, 2.45) is 0 Å². The van der Waals surface area contributed by atoms with Crippen molar-refractivity contribution in [2.45, 2.75) is 43.6 Å². The predicted molar refractivity (Wildman–Crippen MR) is 127 cm³/mol. The summed E-state index contributed by atoms with van der Waals surface area (Å²) < 4.78 is 12.1. The highest BCUT2D eigenvalue weighted by Crippen LogP contribution is 2.47. The molecule has 0 bridgehead atoms. The summed E-state index contributed by atoms with van der Waals surface area (Å²) in [6.07, 6.45) is 5.97. The summed E-state index contributed by atoms with van der Waals surface area (Å²) in [6.45, 7) is 0.199. The van der Waals surface area contributed by atoms with Gasteiger partial charge >= 0.3 is 0 Å². The Morgan fingerprint density at radius 1 is 1.09 bits per heavy atom. The Morgan fingerprint density at radius 2 is 1.94 bits per heavy atom. The molecule has 5 rings (SSSR count). The topological polar surface area (TPSA) is 123 Å². The Kier molecular flexibility index (Phi) is 6.69. The van der Waals surface area contributed by atoms with Crippen molar-refractivity contribution >= 4 is 17.5 Å². The van der Waals surface area contributed by atoms with E-state index in [1.807, 2.05) is 24.3 Å². The number of hydrogen-bond donors (Lipinski definition) is 3. The van der Waals surface area contributed by atoms with Crippen molar-refractivity contribution in [3.8, 4) is 5.75 Å². The van der Waals surface area contributed by atoms with E-state index in [1.165, 1.54) is 6.20 Å². The van der Waals surface area contributed by atoms with Crippen LogP contribution in [0.25, 0.3) is 0 Å². The van der Waals surface area contributed by atoms with Gasteiger partial charge in [-0.15, -0.1) is 0 Å². The molecular formula is C26H26N4O5. The van der Waals surface area contributed by atoms with Crippen LogP contribution in [0.4, 0.5) is 5.69 Å². The fraction of sp³-hybridized carbons (Fsp3) is 0.308. The molecule has 4 heterocycles. The molecule has 9 heteroatoms. The van der Waals surface area contributed by atoms with Crippen molar-refractivity contribution in [1.29, 1.82) is 0 Å². The van der Waals surface area contributed by atoms with E-state index in [9.17, 15) is 14.7 Å². The predicted octanol–water partition coefficient (Wildman–Crippen LogP) is 2.43. The number of carbonyl (C=O) groups is 2. The molecule has 0 radical (unpaired) electrons. The fourth-order valence-electron chi connectivity index (χ4n) is 4.65. The molecule has 180 valence electrons. The SMILES string of the molecule is O=C(C[C@H]1C[C@@H]2c3cc(NC(=O)c4cccnc4)ccc3O[C@@H]2[C@H](CO)O1)NCc1ccncc1. The lowest BCUT2D eigenvalue weighted by molar-refractivity contribution is -0.142. The number of ether oxygens (including phenoxy) is 2. The molecule has 0 unspecified atom stereocenters. The van der Waals surface area contributed by atoms with E-state index in [0.29, 0.717) is 30.0 Å². The Balaban J connectivity index is 1.26. The summed E-state index contributed by atoms with van der Waals surface area (Å²) in [6, 6.07) is 12.6. The quantitative estimate of drug-likeness (QED) is 0.481. The number of fused-ring (bicyclic) bond motifs is 3. The molecule has 9 nitrogen and oxygen atoms in total. The molecular weight excluding hydrogens is 448 g/mol. The first-order chi connectivity index (χ1) is 17.1. The van der Waals surface area contributed by atoms with Crippen LogP contribution < -0.4 is 15.4 Å². The molecule has 0 spiro atoms. The molecule has 1 aromatic carbocycles. The fourth-order valence-corrected chi connectivity index (χ4v) is 4.65. The highest BCUT2D eigenvalue weighted by molar-refractivity contribution is 6.04. The third-order valence-corrected chi connectivity index (χ3v) is 6.33. The number of amides is 2. The Hall–Kier alpha value is -3.82. The van der Waals surface area contributed by atoms with Crippen LogP contribution >= 0.6 is 0 Å². The van der Waals surface area contributed by atoms with Gasteiger partial charge in [0.05, 0.1) is 24.7 Å². The number of aliphatic hydroxyl groups excluding tert-OH is 1. The molecule has 0 aliphatic carbocycles. The van der Waals surface area contributed by atoms with Gasteiger partial charge in [-0.1, -0.05) is 0 Å². The molecule has 0 saturated carbocycles.